The lowest BCUT2D eigenvalue weighted by Crippen LogP contribution is -2.55. The van der Waals surface area contributed by atoms with Crippen molar-refractivity contribution in [2.75, 3.05) is 36.8 Å². The Morgan fingerprint density at radius 3 is 2.66 bits per heavy atom. The zero-order valence-electron chi connectivity index (χ0n) is 19.5. The molecule has 1 aliphatic heterocycles. The number of carbonyl (C=O) groups is 2. The number of thioether (sulfide) groups is 1. The number of anilines is 1. The van der Waals surface area contributed by atoms with E-state index in [1.165, 1.54) is 31.0 Å². The van der Waals surface area contributed by atoms with E-state index in [4.69, 9.17) is 11.6 Å². The Kier molecular flexibility index (Phi) is 9.46. The van der Waals surface area contributed by atoms with Crippen LogP contribution < -0.4 is 10.2 Å². The van der Waals surface area contributed by atoms with Gasteiger partial charge >= 0.3 is 0 Å². The third kappa shape index (κ3) is 7.24. The Morgan fingerprint density at radius 1 is 1.22 bits per heavy atom. The molecule has 1 saturated heterocycles. The molecule has 0 bridgehead atoms. The summed E-state index contributed by atoms with van der Waals surface area (Å²) < 4.78 is 0. The summed E-state index contributed by atoms with van der Waals surface area (Å²) in [6.45, 7) is 9.18. The van der Waals surface area contributed by atoms with Gasteiger partial charge in [-0.05, 0) is 32.1 Å². The maximum absolute atomic E-state index is 13.0. The van der Waals surface area contributed by atoms with Gasteiger partial charge in [-0.1, -0.05) is 56.5 Å². The fourth-order valence-electron chi connectivity index (χ4n) is 4.37. The SMILES string of the molecule is CC(C)CCNC(=O)CSc1nc(Cl)cc(N2CCN(C(=O)C3CCCCC3)C(C)C2)n1. The zero-order chi connectivity index (χ0) is 23.1. The van der Waals surface area contributed by atoms with Gasteiger partial charge in [0.05, 0.1) is 5.75 Å². The van der Waals surface area contributed by atoms with Gasteiger partial charge in [0, 0.05) is 44.2 Å². The highest BCUT2D eigenvalue weighted by Gasteiger charge is 2.33. The van der Waals surface area contributed by atoms with Crippen LogP contribution in [0.1, 0.15) is 59.3 Å². The molecule has 0 radical (unpaired) electrons. The van der Waals surface area contributed by atoms with Gasteiger partial charge in [0.25, 0.3) is 0 Å². The van der Waals surface area contributed by atoms with Crippen molar-refractivity contribution in [3.8, 4) is 0 Å². The number of rotatable bonds is 8. The Balaban J connectivity index is 1.55. The van der Waals surface area contributed by atoms with E-state index in [1.807, 2.05) is 4.90 Å². The number of aromatic nitrogens is 2. The molecule has 2 fully saturated rings. The van der Waals surface area contributed by atoms with E-state index in [-0.39, 0.29) is 23.6 Å². The third-order valence-corrected chi connectivity index (χ3v) is 7.27. The maximum Gasteiger partial charge on any atom is 0.230 e. The van der Waals surface area contributed by atoms with Crippen molar-refractivity contribution in [2.24, 2.45) is 11.8 Å². The molecule has 3 rings (SSSR count). The molecule has 0 aromatic carbocycles. The number of nitrogens with one attached hydrogen (secondary N) is 1. The largest absolute Gasteiger partial charge is 0.355 e. The molecular formula is C23H36ClN5O2S. The summed E-state index contributed by atoms with van der Waals surface area (Å²) in [4.78, 5) is 38.2. The third-order valence-electron chi connectivity index (χ3n) is 6.23. The highest BCUT2D eigenvalue weighted by Crippen LogP contribution is 2.28. The van der Waals surface area contributed by atoms with Crippen molar-refractivity contribution < 1.29 is 9.59 Å². The van der Waals surface area contributed by atoms with Crippen molar-refractivity contribution in [1.82, 2.24) is 20.2 Å². The Labute approximate surface area is 201 Å². The van der Waals surface area contributed by atoms with Gasteiger partial charge in [0.2, 0.25) is 11.8 Å². The van der Waals surface area contributed by atoms with E-state index in [2.05, 4.69) is 41.0 Å². The lowest BCUT2D eigenvalue weighted by atomic mass is 9.88. The molecule has 2 heterocycles. The number of halogens is 1. The van der Waals surface area contributed by atoms with Gasteiger partial charge in [-0.25, -0.2) is 9.97 Å². The summed E-state index contributed by atoms with van der Waals surface area (Å²) in [6, 6.07) is 1.88. The molecule has 1 aromatic rings. The molecule has 0 spiro atoms. The van der Waals surface area contributed by atoms with Crippen LogP contribution >= 0.6 is 23.4 Å². The summed E-state index contributed by atoms with van der Waals surface area (Å²) in [5.41, 5.74) is 0. The van der Waals surface area contributed by atoms with E-state index in [1.54, 1.807) is 6.07 Å². The van der Waals surface area contributed by atoms with E-state index in [0.29, 0.717) is 41.8 Å². The monoisotopic (exact) mass is 481 g/mol. The van der Waals surface area contributed by atoms with Gasteiger partial charge in [0.1, 0.15) is 11.0 Å². The standard InChI is InChI=1S/C23H36ClN5O2S/c1-16(2)9-10-25-21(30)15-32-23-26-19(24)13-20(27-23)28-11-12-29(17(3)14-28)22(31)18-7-5-4-6-8-18/h13,16-18H,4-12,14-15H2,1-3H3,(H,25,30). The minimum Gasteiger partial charge on any atom is -0.355 e. The van der Waals surface area contributed by atoms with Crippen LogP contribution in [0.25, 0.3) is 0 Å². The lowest BCUT2D eigenvalue weighted by molar-refractivity contribution is -0.139. The molecule has 7 nitrogen and oxygen atoms in total. The van der Waals surface area contributed by atoms with Crippen LogP contribution in [-0.2, 0) is 9.59 Å². The second-order valence-electron chi connectivity index (χ2n) is 9.31. The number of carbonyl (C=O) groups excluding carboxylic acids is 2. The summed E-state index contributed by atoms with van der Waals surface area (Å²) in [5.74, 6) is 2.06. The average molecular weight is 482 g/mol. The number of piperazine rings is 1. The molecule has 1 saturated carbocycles. The molecule has 32 heavy (non-hydrogen) atoms. The van der Waals surface area contributed by atoms with Crippen molar-refractivity contribution in [2.45, 2.75) is 70.5 Å². The van der Waals surface area contributed by atoms with Crippen molar-refractivity contribution >= 4 is 41.0 Å². The van der Waals surface area contributed by atoms with Gasteiger partial charge < -0.3 is 15.1 Å². The first-order valence-electron chi connectivity index (χ1n) is 11.8. The molecule has 2 aliphatic rings. The summed E-state index contributed by atoms with van der Waals surface area (Å²) in [5, 5.41) is 3.80. The number of hydrogen-bond acceptors (Lipinski definition) is 6. The van der Waals surface area contributed by atoms with E-state index in [0.717, 1.165) is 31.6 Å². The fourth-order valence-corrected chi connectivity index (χ4v) is 5.28. The van der Waals surface area contributed by atoms with Crippen LogP contribution in [0.4, 0.5) is 5.82 Å². The number of hydrogen-bond donors (Lipinski definition) is 1. The van der Waals surface area contributed by atoms with Crippen LogP contribution in [-0.4, -0.2) is 64.7 Å². The average Bonchev–Trinajstić information content (AvgIpc) is 2.77. The highest BCUT2D eigenvalue weighted by molar-refractivity contribution is 7.99. The highest BCUT2D eigenvalue weighted by atomic mass is 35.5. The summed E-state index contributed by atoms with van der Waals surface area (Å²) in [6.07, 6.45) is 6.60. The zero-order valence-corrected chi connectivity index (χ0v) is 21.1. The lowest BCUT2D eigenvalue weighted by Gasteiger charge is -2.42. The number of amides is 2. The summed E-state index contributed by atoms with van der Waals surface area (Å²) >= 11 is 7.56. The first-order chi connectivity index (χ1) is 15.3. The molecule has 1 N–H and O–H groups in total. The molecule has 1 aromatic heterocycles. The van der Waals surface area contributed by atoms with Gasteiger partial charge in [-0.15, -0.1) is 0 Å². The minimum atomic E-state index is -0.0239. The molecule has 9 heteroatoms. The van der Waals surface area contributed by atoms with Gasteiger partial charge in [-0.3, -0.25) is 9.59 Å². The topological polar surface area (TPSA) is 78.4 Å². The Bertz CT molecular complexity index is 788. The smallest absolute Gasteiger partial charge is 0.230 e. The predicted molar refractivity (Wildman–Crippen MR) is 130 cm³/mol. The molecular weight excluding hydrogens is 446 g/mol. The molecule has 1 atom stereocenters. The van der Waals surface area contributed by atoms with Crippen LogP contribution in [0.2, 0.25) is 5.15 Å². The van der Waals surface area contributed by atoms with E-state index >= 15 is 0 Å². The van der Waals surface area contributed by atoms with E-state index < -0.39 is 0 Å². The van der Waals surface area contributed by atoms with Crippen LogP contribution in [0, 0.1) is 11.8 Å². The quantitative estimate of drug-likeness (QED) is 0.343. The normalized spacial score (nSPS) is 20.0. The van der Waals surface area contributed by atoms with Crippen molar-refractivity contribution in [3.63, 3.8) is 0 Å². The van der Waals surface area contributed by atoms with Crippen LogP contribution in [0.5, 0.6) is 0 Å². The second-order valence-corrected chi connectivity index (χ2v) is 10.6. The van der Waals surface area contributed by atoms with Crippen LogP contribution in [0.15, 0.2) is 11.2 Å². The van der Waals surface area contributed by atoms with Gasteiger partial charge in [-0.2, -0.15) is 0 Å². The Morgan fingerprint density at radius 2 is 1.97 bits per heavy atom. The maximum atomic E-state index is 13.0. The first-order valence-corrected chi connectivity index (χ1v) is 13.2. The van der Waals surface area contributed by atoms with Crippen LogP contribution in [0.3, 0.4) is 0 Å². The van der Waals surface area contributed by atoms with Gasteiger partial charge in [0.15, 0.2) is 5.16 Å². The first kappa shape index (κ1) is 25.1. The Hall–Kier alpha value is -1.54. The van der Waals surface area contributed by atoms with E-state index in [9.17, 15) is 9.59 Å². The predicted octanol–water partition coefficient (Wildman–Crippen LogP) is 4.00. The molecule has 178 valence electrons. The summed E-state index contributed by atoms with van der Waals surface area (Å²) in [7, 11) is 0. The molecule has 2 amide bonds. The van der Waals surface area contributed by atoms with Crippen molar-refractivity contribution in [3.05, 3.63) is 11.2 Å². The van der Waals surface area contributed by atoms with Crippen molar-refractivity contribution in [1.29, 1.82) is 0 Å². The molecule has 1 unspecified atom stereocenters. The number of nitrogens with zero attached hydrogens (tertiary/aromatic N) is 4. The second kappa shape index (κ2) is 12.1. The molecule has 1 aliphatic carbocycles. The minimum absolute atomic E-state index is 0.0239. The fraction of sp³-hybridized carbons (Fsp3) is 0.739.